The average molecular weight is 248 g/mol. The van der Waals surface area contributed by atoms with Crippen LogP contribution in [0.25, 0.3) is 11.0 Å². The zero-order valence-corrected chi connectivity index (χ0v) is 10.3. The molecule has 1 atom stereocenters. The molecule has 0 spiro atoms. The predicted molar refractivity (Wildman–Crippen MR) is 66.6 cm³/mol. The Kier molecular flexibility index (Phi) is 3.12. The summed E-state index contributed by atoms with van der Waals surface area (Å²) in [5.41, 5.74) is 2.83. The first-order valence-corrected chi connectivity index (χ1v) is 6.07. The fraction of sp³-hybridized carbons (Fsp3) is 0.500. The standard InChI is InChI=1S/C12H16N4O2/c1-17-12-11-10(15-7-16-12)8(5-14-11)9-6-18-4-2-3-13-9/h5,7,9,13-14H,2-4,6H2,1H3. The Hall–Kier alpha value is -1.66. The van der Waals surface area contributed by atoms with E-state index in [9.17, 15) is 0 Å². The topological polar surface area (TPSA) is 72.1 Å². The van der Waals surface area contributed by atoms with Crippen molar-refractivity contribution >= 4 is 11.0 Å². The summed E-state index contributed by atoms with van der Waals surface area (Å²) < 4.78 is 10.8. The third-order valence-electron chi connectivity index (χ3n) is 3.17. The number of rotatable bonds is 2. The van der Waals surface area contributed by atoms with Gasteiger partial charge in [0.05, 0.1) is 19.8 Å². The van der Waals surface area contributed by atoms with E-state index in [2.05, 4.69) is 20.3 Å². The number of aromatic nitrogens is 3. The third kappa shape index (κ3) is 1.93. The highest BCUT2D eigenvalue weighted by atomic mass is 16.5. The van der Waals surface area contributed by atoms with Crippen molar-refractivity contribution in [3.05, 3.63) is 18.1 Å². The Balaban J connectivity index is 2.01. The van der Waals surface area contributed by atoms with Crippen molar-refractivity contribution in [3.8, 4) is 5.88 Å². The molecule has 0 aromatic carbocycles. The maximum absolute atomic E-state index is 5.59. The molecular weight excluding hydrogens is 232 g/mol. The quantitative estimate of drug-likeness (QED) is 0.830. The number of ether oxygens (including phenoxy) is 2. The summed E-state index contributed by atoms with van der Waals surface area (Å²) >= 11 is 0. The fourth-order valence-corrected chi connectivity index (χ4v) is 2.27. The zero-order valence-electron chi connectivity index (χ0n) is 10.3. The van der Waals surface area contributed by atoms with Crippen LogP contribution in [0.2, 0.25) is 0 Å². The monoisotopic (exact) mass is 248 g/mol. The maximum atomic E-state index is 5.59. The summed E-state index contributed by atoms with van der Waals surface area (Å²) in [6.45, 7) is 2.43. The van der Waals surface area contributed by atoms with E-state index in [1.165, 1.54) is 6.33 Å². The number of methoxy groups -OCH3 is 1. The molecule has 6 nitrogen and oxygen atoms in total. The van der Waals surface area contributed by atoms with E-state index in [-0.39, 0.29) is 6.04 Å². The number of hydrogen-bond acceptors (Lipinski definition) is 5. The van der Waals surface area contributed by atoms with Crippen molar-refractivity contribution in [2.75, 3.05) is 26.9 Å². The van der Waals surface area contributed by atoms with Crippen molar-refractivity contribution in [2.24, 2.45) is 0 Å². The number of aromatic amines is 1. The lowest BCUT2D eigenvalue weighted by Crippen LogP contribution is -2.23. The van der Waals surface area contributed by atoms with Gasteiger partial charge in [-0.1, -0.05) is 0 Å². The van der Waals surface area contributed by atoms with E-state index in [0.29, 0.717) is 12.5 Å². The van der Waals surface area contributed by atoms with Crippen molar-refractivity contribution in [1.82, 2.24) is 20.3 Å². The molecular formula is C12H16N4O2. The maximum Gasteiger partial charge on any atom is 0.241 e. The smallest absolute Gasteiger partial charge is 0.241 e. The molecule has 2 aromatic rings. The highest BCUT2D eigenvalue weighted by Gasteiger charge is 2.20. The first-order chi connectivity index (χ1) is 8.90. The van der Waals surface area contributed by atoms with E-state index < -0.39 is 0 Å². The molecule has 6 heteroatoms. The molecule has 1 aliphatic rings. The molecule has 1 saturated heterocycles. The van der Waals surface area contributed by atoms with E-state index in [0.717, 1.165) is 36.2 Å². The first kappa shape index (κ1) is 11.4. The number of hydrogen-bond donors (Lipinski definition) is 2. The molecule has 1 unspecified atom stereocenters. The Morgan fingerprint density at radius 2 is 2.39 bits per heavy atom. The van der Waals surface area contributed by atoms with Gasteiger partial charge in [-0.25, -0.2) is 4.98 Å². The minimum atomic E-state index is 0.167. The SMILES string of the molecule is COc1ncnc2c(C3COCCCN3)c[nH]c12. The van der Waals surface area contributed by atoms with Gasteiger partial charge in [-0.3, -0.25) is 0 Å². The van der Waals surface area contributed by atoms with Crippen LogP contribution in [0.1, 0.15) is 18.0 Å². The molecule has 1 aliphatic heterocycles. The van der Waals surface area contributed by atoms with Gasteiger partial charge < -0.3 is 19.8 Å². The molecule has 0 radical (unpaired) electrons. The minimum Gasteiger partial charge on any atom is -0.479 e. The Labute approximate surface area is 105 Å². The minimum absolute atomic E-state index is 0.167. The first-order valence-electron chi connectivity index (χ1n) is 6.07. The van der Waals surface area contributed by atoms with Gasteiger partial charge in [-0.2, -0.15) is 4.98 Å². The molecule has 3 heterocycles. The van der Waals surface area contributed by atoms with Crippen LogP contribution in [0.4, 0.5) is 0 Å². The van der Waals surface area contributed by atoms with Crippen LogP contribution >= 0.6 is 0 Å². The van der Waals surface area contributed by atoms with Crippen molar-refractivity contribution in [3.63, 3.8) is 0 Å². The Morgan fingerprint density at radius 1 is 1.44 bits per heavy atom. The second-order valence-corrected chi connectivity index (χ2v) is 4.29. The summed E-state index contributed by atoms with van der Waals surface area (Å²) in [5.74, 6) is 0.570. The normalized spacial score (nSPS) is 20.8. The van der Waals surface area contributed by atoms with Crippen LogP contribution in [-0.4, -0.2) is 41.8 Å². The van der Waals surface area contributed by atoms with Gasteiger partial charge >= 0.3 is 0 Å². The predicted octanol–water partition coefficient (Wildman–Crippen LogP) is 1.02. The summed E-state index contributed by atoms with van der Waals surface area (Å²) in [7, 11) is 1.61. The lowest BCUT2D eigenvalue weighted by Gasteiger charge is -2.13. The summed E-state index contributed by atoms with van der Waals surface area (Å²) in [5, 5.41) is 3.47. The zero-order chi connectivity index (χ0) is 12.4. The van der Waals surface area contributed by atoms with Gasteiger partial charge in [0.15, 0.2) is 0 Å². The van der Waals surface area contributed by atoms with Gasteiger partial charge in [0.1, 0.15) is 17.4 Å². The largest absolute Gasteiger partial charge is 0.479 e. The highest BCUT2D eigenvalue weighted by molar-refractivity contribution is 5.83. The molecule has 1 fully saturated rings. The number of nitrogens with one attached hydrogen (secondary N) is 2. The summed E-state index contributed by atoms with van der Waals surface area (Å²) in [6.07, 6.45) is 4.52. The molecule has 0 aliphatic carbocycles. The van der Waals surface area contributed by atoms with Crippen molar-refractivity contribution < 1.29 is 9.47 Å². The molecule has 3 rings (SSSR count). The molecule has 0 saturated carbocycles. The molecule has 0 amide bonds. The molecule has 0 bridgehead atoms. The van der Waals surface area contributed by atoms with Crippen molar-refractivity contribution in [2.45, 2.75) is 12.5 Å². The van der Waals surface area contributed by atoms with Gasteiger partial charge in [-0.05, 0) is 13.0 Å². The fourth-order valence-electron chi connectivity index (χ4n) is 2.27. The van der Waals surface area contributed by atoms with E-state index >= 15 is 0 Å². The average Bonchev–Trinajstić information content (AvgIpc) is 2.66. The summed E-state index contributed by atoms with van der Waals surface area (Å²) in [6, 6.07) is 0.167. The van der Waals surface area contributed by atoms with Gasteiger partial charge in [-0.15, -0.1) is 0 Å². The van der Waals surface area contributed by atoms with E-state index in [4.69, 9.17) is 9.47 Å². The van der Waals surface area contributed by atoms with Crippen LogP contribution < -0.4 is 10.1 Å². The number of H-pyrrole nitrogens is 1. The second kappa shape index (κ2) is 4.91. The van der Waals surface area contributed by atoms with Crippen LogP contribution in [0, 0.1) is 0 Å². The van der Waals surface area contributed by atoms with Gasteiger partial charge in [0.25, 0.3) is 0 Å². The lowest BCUT2D eigenvalue weighted by molar-refractivity contribution is 0.132. The molecule has 96 valence electrons. The number of fused-ring (bicyclic) bond motifs is 1. The lowest BCUT2D eigenvalue weighted by atomic mass is 10.1. The van der Waals surface area contributed by atoms with Crippen molar-refractivity contribution in [1.29, 1.82) is 0 Å². The van der Waals surface area contributed by atoms with Crippen LogP contribution in [-0.2, 0) is 4.74 Å². The molecule has 2 N–H and O–H groups in total. The number of nitrogens with zero attached hydrogens (tertiary/aromatic N) is 2. The van der Waals surface area contributed by atoms with Crippen LogP contribution in [0.5, 0.6) is 5.88 Å². The van der Waals surface area contributed by atoms with E-state index in [1.807, 2.05) is 6.20 Å². The van der Waals surface area contributed by atoms with Gasteiger partial charge in [0, 0.05) is 18.4 Å². The van der Waals surface area contributed by atoms with Gasteiger partial charge in [0.2, 0.25) is 5.88 Å². The second-order valence-electron chi connectivity index (χ2n) is 4.29. The molecule has 18 heavy (non-hydrogen) atoms. The van der Waals surface area contributed by atoms with Crippen LogP contribution in [0.15, 0.2) is 12.5 Å². The highest BCUT2D eigenvalue weighted by Crippen LogP contribution is 2.27. The Morgan fingerprint density at radius 3 is 3.28 bits per heavy atom. The third-order valence-corrected chi connectivity index (χ3v) is 3.17. The Bertz CT molecular complexity index is 532. The van der Waals surface area contributed by atoms with E-state index in [1.54, 1.807) is 7.11 Å². The van der Waals surface area contributed by atoms with Crippen LogP contribution in [0.3, 0.4) is 0 Å². The molecule has 2 aromatic heterocycles. The summed E-state index contributed by atoms with van der Waals surface area (Å²) in [4.78, 5) is 11.6.